The smallest absolute Gasteiger partial charge is 0.459 e. The van der Waals surface area contributed by atoms with Crippen LogP contribution in [0, 0.1) is 0 Å². The number of ether oxygens (including phenoxy) is 2. The molecule has 4 atom stereocenters. The van der Waals surface area contributed by atoms with Gasteiger partial charge in [0.2, 0.25) is 6.23 Å². The van der Waals surface area contributed by atoms with Gasteiger partial charge in [-0.15, -0.1) is 0 Å². The fourth-order valence-corrected chi connectivity index (χ4v) is 4.40. The summed E-state index contributed by atoms with van der Waals surface area (Å²) in [5, 5.41) is 12.9. The molecule has 0 spiro atoms. The van der Waals surface area contributed by atoms with Gasteiger partial charge in [-0.05, 0) is 45.0 Å². The topological polar surface area (TPSA) is 164 Å². The first kappa shape index (κ1) is 25.4. The number of aliphatic hydroxyl groups is 1. The number of anilines is 1. The van der Waals surface area contributed by atoms with Crippen LogP contribution in [0.4, 0.5) is 5.82 Å². The van der Waals surface area contributed by atoms with Crippen molar-refractivity contribution in [3.8, 4) is 5.75 Å². The van der Waals surface area contributed by atoms with E-state index in [0.717, 1.165) is 4.57 Å². The number of aromatic nitrogens is 2. The number of nitrogens with two attached hydrogens (primary N) is 1. The Kier molecular flexibility index (Phi) is 8.11. The lowest BCUT2D eigenvalue weighted by atomic mass is 10.3. The van der Waals surface area contributed by atoms with E-state index in [2.05, 4.69) is 10.1 Å². The normalized spacial score (nSPS) is 20.2. The van der Waals surface area contributed by atoms with Crippen molar-refractivity contribution in [1.82, 2.24) is 14.6 Å². The number of esters is 1. The number of nitrogens with zero attached hydrogens (tertiary/aromatic N) is 2. The first-order valence-corrected chi connectivity index (χ1v) is 12.0. The minimum Gasteiger partial charge on any atom is -0.469 e. The molecular weight excluding hydrogens is 467 g/mol. The molecular formula is C21H27N4O8P. The van der Waals surface area contributed by atoms with Crippen molar-refractivity contribution in [2.45, 2.75) is 45.2 Å². The zero-order valence-electron chi connectivity index (χ0n) is 18.9. The zero-order valence-corrected chi connectivity index (χ0v) is 19.8. The van der Waals surface area contributed by atoms with Gasteiger partial charge in [0.05, 0.1) is 6.10 Å². The highest BCUT2D eigenvalue weighted by atomic mass is 31.2. The molecule has 0 bridgehead atoms. The SMILES string of the molecule is CC(C)OC(=O)[C@H](C)NP(=O)(OCC1=C[C@@H](O)[C@H](n2ccc(N)nc2=O)O1)Oc1ccccc1. The van der Waals surface area contributed by atoms with E-state index in [0.29, 0.717) is 0 Å². The van der Waals surface area contributed by atoms with E-state index in [1.165, 1.54) is 25.3 Å². The van der Waals surface area contributed by atoms with Crippen LogP contribution in [0.15, 0.2) is 59.2 Å². The summed E-state index contributed by atoms with van der Waals surface area (Å²) in [6.45, 7) is 4.44. The summed E-state index contributed by atoms with van der Waals surface area (Å²) in [7, 11) is -4.13. The fraction of sp³-hybridized carbons (Fsp3) is 0.381. The van der Waals surface area contributed by atoms with Gasteiger partial charge in [-0.25, -0.2) is 9.36 Å². The van der Waals surface area contributed by atoms with Gasteiger partial charge >= 0.3 is 19.4 Å². The molecule has 1 aromatic heterocycles. The van der Waals surface area contributed by atoms with E-state index in [9.17, 15) is 19.3 Å². The Labute approximate surface area is 195 Å². The molecule has 34 heavy (non-hydrogen) atoms. The van der Waals surface area contributed by atoms with Gasteiger partial charge in [-0.1, -0.05) is 18.2 Å². The van der Waals surface area contributed by atoms with Crippen LogP contribution in [0.5, 0.6) is 5.75 Å². The van der Waals surface area contributed by atoms with Gasteiger partial charge in [0.1, 0.15) is 36.1 Å². The number of nitrogen functional groups attached to an aromatic ring is 1. The van der Waals surface area contributed by atoms with Crippen molar-refractivity contribution in [2.24, 2.45) is 0 Å². The van der Waals surface area contributed by atoms with E-state index >= 15 is 0 Å². The number of carbonyl (C=O) groups excluding carboxylic acids is 1. The van der Waals surface area contributed by atoms with E-state index in [-0.39, 0.29) is 23.4 Å². The van der Waals surface area contributed by atoms with Crippen LogP contribution in [-0.4, -0.2) is 45.5 Å². The third-order valence-corrected chi connectivity index (χ3v) is 6.07. The largest absolute Gasteiger partial charge is 0.469 e. The number of aliphatic hydroxyl groups excluding tert-OH is 1. The number of rotatable bonds is 10. The van der Waals surface area contributed by atoms with Gasteiger partial charge in [0.15, 0.2) is 0 Å². The van der Waals surface area contributed by atoms with Gasteiger partial charge in [0, 0.05) is 6.20 Å². The van der Waals surface area contributed by atoms with Crippen LogP contribution in [-0.2, 0) is 23.4 Å². The third-order valence-electron chi connectivity index (χ3n) is 4.45. The summed E-state index contributed by atoms with van der Waals surface area (Å²) >= 11 is 0. The van der Waals surface area contributed by atoms with Gasteiger partial charge in [-0.3, -0.25) is 13.9 Å². The first-order valence-electron chi connectivity index (χ1n) is 10.4. The maximum Gasteiger partial charge on any atom is 0.459 e. The number of hydrogen-bond acceptors (Lipinski definition) is 10. The Morgan fingerprint density at radius 1 is 1.29 bits per heavy atom. The lowest BCUT2D eigenvalue weighted by Gasteiger charge is -2.24. The van der Waals surface area contributed by atoms with Crippen molar-refractivity contribution >= 4 is 19.5 Å². The Hall–Kier alpha value is -3.18. The fourth-order valence-electron chi connectivity index (χ4n) is 2.94. The number of para-hydroxylation sites is 1. The highest BCUT2D eigenvalue weighted by molar-refractivity contribution is 7.52. The highest BCUT2D eigenvalue weighted by Gasteiger charge is 2.35. The van der Waals surface area contributed by atoms with Gasteiger partial charge < -0.3 is 24.8 Å². The molecule has 0 fully saturated rings. The van der Waals surface area contributed by atoms with E-state index < -0.39 is 44.4 Å². The molecule has 0 radical (unpaired) electrons. The van der Waals surface area contributed by atoms with Crippen LogP contribution in [0.2, 0.25) is 0 Å². The maximum atomic E-state index is 13.5. The molecule has 1 aliphatic heterocycles. The summed E-state index contributed by atoms with van der Waals surface area (Å²) in [5.74, 6) is -0.281. The number of benzene rings is 1. The second kappa shape index (κ2) is 10.8. The maximum absolute atomic E-state index is 13.5. The number of nitrogens with one attached hydrogen (secondary N) is 1. The summed E-state index contributed by atoms with van der Waals surface area (Å²) in [6.07, 6.45) is -0.0423. The highest BCUT2D eigenvalue weighted by Crippen LogP contribution is 2.45. The van der Waals surface area contributed by atoms with Crippen LogP contribution < -0.4 is 21.0 Å². The Balaban J connectivity index is 1.72. The molecule has 0 saturated carbocycles. The van der Waals surface area contributed by atoms with Crippen molar-refractivity contribution in [3.05, 3.63) is 64.9 Å². The first-order chi connectivity index (χ1) is 16.1. The molecule has 13 heteroatoms. The van der Waals surface area contributed by atoms with Crippen molar-refractivity contribution in [3.63, 3.8) is 0 Å². The minimum absolute atomic E-state index is 0.0282. The van der Waals surface area contributed by atoms with Crippen LogP contribution in [0.3, 0.4) is 0 Å². The third kappa shape index (κ3) is 6.67. The number of carbonyl (C=O) groups is 1. The van der Waals surface area contributed by atoms with Crippen molar-refractivity contribution in [1.29, 1.82) is 0 Å². The standard InChI is InChI=1S/C21H27N4O8P/c1-13(2)31-20(27)14(3)24-34(29,33-15-7-5-4-6-8-15)30-12-16-11-17(26)19(32-16)25-10-9-18(22)23-21(25)28/h4-11,13-14,17,19,26H,12H2,1-3H3,(H,24,29)(H2,22,23,28)/t14-,17+,19+,34?/m0/s1. The lowest BCUT2D eigenvalue weighted by molar-refractivity contribution is -0.149. The van der Waals surface area contributed by atoms with Crippen LogP contribution in [0.1, 0.15) is 27.0 Å². The molecule has 0 saturated heterocycles. The molecule has 184 valence electrons. The predicted molar refractivity (Wildman–Crippen MR) is 122 cm³/mol. The Morgan fingerprint density at radius 2 is 2.00 bits per heavy atom. The second-order valence-electron chi connectivity index (χ2n) is 7.69. The molecule has 1 aliphatic rings. The monoisotopic (exact) mass is 494 g/mol. The predicted octanol–water partition coefficient (Wildman–Crippen LogP) is 1.73. The lowest BCUT2D eigenvalue weighted by Crippen LogP contribution is -2.36. The molecule has 12 nitrogen and oxygen atoms in total. The molecule has 0 aliphatic carbocycles. The molecule has 1 aromatic carbocycles. The molecule has 2 heterocycles. The van der Waals surface area contributed by atoms with Crippen molar-refractivity contribution < 1.29 is 33.0 Å². The molecule has 2 aromatic rings. The zero-order chi connectivity index (χ0) is 24.9. The minimum atomic E-state index is -4.13. The summed E-state index contributed by atoms with van der Waals surface area (Å²) in [5.41, 5.74) is 4.78. The molecule has 3 rings (SSSR count). The van der Waals surface area contributed by atoms with Gasteiger partial charge in [-0.2, -0.15) is 10.1 Å². The van der Waals surface area contributed by atoms with E-state index in [1.54, 1.807) is 44.2 Å². The van der Waals surface area contributed by atoms with Crippen molar-refractivity contribution in [2.75, 3.05) is 12.3 Å². The Bertz CT molecular complexity index is 1140. The molecule has 0 amide bonds. The molecule has 1 unspecified atom stereocenters. The second-order valence-corrected chi connectivity index (χ2v) is 9.38. The Morgan fingerprint density at radius 3 is 2.65 bits per heavy atom. The van der Waals surface area contributed by atoms with Crippen LogP contribution >= 0.6 is 7.75 Å². The summed E-state index contributed by atoms with van der Waals surface area (Å²) in [4.78, 5) is 27.9. The van der Waals surface area contributed by atoms with E-state index in [4.69, 9.17) is 24.3 Å². The summed E-state index contributed by atoms with van der Waals surface area (Å²) < 4.78 is 36.3. The van der Waals surface area contributed by atoms with Gasteiger partial charge in [0.25, 0.3) is 0 Å². The quantitative estimate of drug-likeness (QED) is 0.325. The number of hydrogen-bond donors (Lipinski definition) is 3. The molecule has 4 N–H and O–H groups in total. The van der Waals surface area contributed by atoms with E-state index in [1.807, 2.05) is 0 Å². The van der Waals surface area contributed by atoms with Crippen LogP contribution in [0.25, 0.3) is 0 Å². The average Bonchev–Trinajstić information content (AvgIpc) is 3.13. The summed E-state index contributed by atoms with van der Waals surface area (Å²) in [6, 6.07) is 8.61. The average molecular weight is 494 g/mol.